The minimum absolute atomic E-state index is 0.0695. The van der Waals surface area contributed by atoms with Gasteiger partial charge in [0.15, 0.2) is 6.29 Å². The van der Waals surface area contributed by atoms with Gasteiger partial charge in [-0.3, -0.25) is 4.79 Å². The Balaban J connectivity index is 3.20. The Labute approximate surface area is 91.0 Å². The van der Waals surface area contributed by atoms with Gasteiger partial charge in [-0.15, -0.1) is 0 Å². The SMILES string of the molecule is COc1cc(/C=C/C(=O)O)cc(F)c1C=O. The molecule has 0 fully saturated rings. The molecule has 0 saturated carbocycles. The molecule has 5 heteroatoms. The molecule has 0 atom stereocenters. The van der Waals surface area contributed by atoms with Crippen LogP contribution in [0.15, 0.2) is 18.2 Å². The van der Waals surface area contributed by atoms with Gasteiger partial charge in [-0.25, -0.2) is 9.18 Å². The van der Waals surface area contributed by atoms with Gasteiger partial charge < -0.3 is 9.84 Å². The van der Waals surface area contributed by atoms with Crippen LogP contribution < -0.4 is 4.74 Å². The summed E-state index contributed by atoms with van der Waals surface area (Å²) in [6.07, 6.45) is 2.43. The highest BCUT2D eigenvalue weighted by Crippen LogP contribution is 2.22. The number of halogens is 1. The monoisotopic (exact) mass is 224 g/mol. The fourth-order valence-corrected chi connectivity index (χ4v) is 1.16. The van der Waals surface area contributed by atoms with E-state index in [4.69, 9.17) is 9.84 Å². The zero-order valence-electron chi connectivity index (χ0n) is 8.44. The Morgan fingerprint density at radius 1 is 1.50 bits per heavy atom. The number of aldehydes is 1. The summed E-state index contributed by atoms with van der Waals surface area (Å²) in [6, 6.07) is 2.44. The molecule has 84 valence electrons. The van der Waals surface area contributed by atoms with Crippen LogP contribution in [0.1, 0.15) is 15.9 Å². The van der Waals surface area contributed by atoms with E-state index in [9.17, 15) is 14.0 Å². The van der Waals surface area contributed by atoms with Gasteiger partial charge in [0.05, 0.1) is 12.7 Å². The number of ether oxygens (including phenoxy) is 1. The molecule has 0 spiro atoms. The normalized spacial score (nSPS) is 10.4. The van der Waals surface area contributed by atoms with Crippen LogP contribution in [0.5, 0.6) is 5.75 Å². The second-order valence-corrected chi connectivity index (χ2v) is 2.91. The van der Waals surface area contributed by atoms with Gasteiger partial charge in [-0.05, 0) is 23.8 Å². The van der Waals surface area contributed by atoms with Crippen LogP contribution in [-0.2, 0) is 4.79 Å². The standard InChI is InChI=1S/C11H9FO4/c1-16-10-5-7(2-3-11(14)15)4-9(12)8(10)6-13/h2-6H,1H3,(H,14,15)/b3-2+. The van der Waals surface area contributed by atoms with Crippen LogP contribution in [0, 0.1) is 5.82 Å². The Morgan fingerprint density at radius 2 is 2.19 bits per heavy atom. The second-order valence-electron chi connectivity index (χ2n) is 2.91. The number of carboxylic acid groups (broad SMARTS) is 1. The van der Waals surface area contributed by atoms with Gasteiger partial charge >= 0.3 is 5.97 Å². The highest BCUT2D eigenvalue weighted by Gasteiger charge is 2.09. The van der Waals surface area contributed by atoms with Crippen LogP contribution in [0.2, 0.25) is 0 Å². The van der Waals surface area contributed by atoms with Gasteiger partial charge in [0.25, 0.3) is 0 Å². The maximum absolute atomic E-state index is 13.3. The van der Waals surface area contributed by atoms with E-state index in [0.29, 0.717) is 11.8 Å². The summed E-state index contributed by atoms with van der Waals surface area (Å²) in [5, 5.41) is 8.40. The van der Waals surface area contributed by atoms with E-state index in [2.05, 4.69) is 0 Å². The zero-order chi connectivity index (χ0) is 12.1. The van der Waals surface area contributed by atoms with Crippen molar-refractivity contribution in [2.24, 2.45) is 0 Å². The number of aliphatic carboxylic acids is 1. The Bertz CT molecular complexity index is 452. The van der Waals surface area contributed by atoms with Crippen molar-refractivity contribution in [3.63, 3.8) is 0 Å². The summed E-state index contributed by atoms with van der Waals surface area (Å²) in [5.74, 6) is -1.82. The largest absolute Gasteiger partial charge is 0.496 e. The van der Waals surface area contributed by atoms with E-state index in [-0.39, 0.29) is 11.3 Å². The summed E-state index contributed by atoms with van der Waals surface area (Å²) in [4.78, 5) is 20.8. The maximum Gasteiger partial charge on any atom is 0.328 e. The quantitative estimate of drug-likeness (QED) is 0.625. The molecule has 1 N–H and O–H groups in total. The first kappa shape index (κ1) is 11.9. The maximum atomic E-state index is 13.3. The molecule has 0 aliphatic rings. The van der Waals surface area contributed by atoms with Crippen LogP contribution >= 0.6 is 0 Å². The smallest absolute Gasteiger partial charge is 0.328 e. The van der Waals surface area contributed by atoms with E-state index in [0.717, 1.165) is 12.1 Å². The van der Waals surface area contributed by atoms with Crippen LogP contribution in [-0.4, -0.2) is 24.5 Å². The molecule has 16 heavy (non-hydrogen) atoms. The first-order chi connectivity index (χ1) is 7.58. The van der Waals surface area contributed by atoms with E-state index >= 15 is 0 Å². The number of hydrogen-bond donors (Lipinski definition) is 1. The molecule has 0 aliphatic heterocycles. The highest BCUT2D eigenvalue weighted by molar-refractivity contribution is 5.86. The molecule has 0 aliphatic carbocycles. The van der Waals surface area contributed by atoms with Crippen molar-refractivity contribution in [1.82, 2.24) is 0 Å². The van der Waals surface area contributed by atoms with Gasteiger partial charge in [-0.2, -0.15) is 0 Å². The third-order valence-corrected chi connectivity index (χ3v) is 1.87. The van der Waals surface area contributed by atoms with Crippen molar-refractivity contribution in [3.05, 3.63) is 35.2 Å². The Kier molecular flexibility index (Phi) is 3.77. The number of hydrogen-bond acceptors (Lipinski definition) is 3. The lowest BCUT2D eigenvalue weighted by Gasteiger charge is -2.05. The first-order valence-electron chi connectivity index (χ1n) is 4.32. The van der Waals surface area contributed by atoms with E-state index in [1.807, 2.05) is 0 Å². The van der Waals surface area contributed by atoms with Crippen LogP contribution in [0.4, 0.5) is 4.39 Å². The number of carbonyl (C=O) groups is 2. The van der Waals surface area contributed by atoms with Gasteiger partial charge in [0.1, 0.15) is 11.6 Å². The molecule has 4 nitrogen and oxygen atoms in total. The van der Waals surface area contributed by atoms with Crippen LogP contribution in [0.3, 0.4) is 0 Å². The summed E-state index contributed by atoms with van der Waals surface area (Å²) in [7, 11) is 1.30. The summed E-state index contributed by atoms with van der Waals surface area (Å²) in [5.41, 5.74) is 0.123. The topological polar surface area (TPSA) is 63.6 Å². The molecular formula is C11H9FO4. The molecule has 1 aromatic carbocycles. The minimum atomic E-state index is -1.14. The summed E-state index contributed by atoms with van der Waals surface area (Å²) >= 11 is 0. The lowest BCUT2D eigenvalue weighted by Crippen LogP contribution is -1.96. The molecule has 0 aromatic heterocycles. The van der Waals surface area contributed by atoms with E-state index in [1.54, 1.807) is 0 Å². The third-order valence-electron chi connectivity index (χ3n) is 1.87. The van der Waals surface area contributed by atoms with Crippen molar-refractivity contribution >= 4 is 18.3 Å². The highest BCUT2D eigenvalue weighted by atomic mass is 19.1. The van der Waals surface area contributed by atoms with Crippen molar-refractivity contribution < 1.29 is 23.8 Å². The second kappa shape index (κ2) is 5.06. The number of methoxy groups -OCH3 is 1. The summed E-state index contributed by atoms with van der Waals surface area (Å²) < 4.78 is 18.1. The lowest BCUT2D eigenvalue weighted by atomic mass is 10.1. The van der Waals surface area contributed by atoms with Gasteiger partial charge in [0, 0.05) is 6.08 Å². The van der Waals surface area contributed by atoms with Gasteiger partial charge in [0.2, 0.25) is 0 Å². The molecule has 0 saturated heterocycles. The zero-order valence-corrected chi connectivity index (χ0v) is 8.44. The fraction of sp³-hybridized carbons (Fsp3) is 0.0909. The first-order valence-corrected chi connectivity index (χ1v) is 4.32. The van der Waals surface area contributed by atoms with E-state index < -0.39 is 11.8 Å². The third kappa shape index (κ3) is 2.66. The van der Waals surface area contributed by atoms with Crippen LogP contribution in [0.25, 0.3) is 6.08 Å². The molecule has 0 unspecified atom stereocenters. The van der Waals surface area contributed by atoms with Crippen molar-refractivity contribution in [1.29, 1.82) is 0 Å². The number of carboxylic acids is 1. The molecule has 0 bridgehead atoms. The average molecular weight is 224 g/mol. The predicted octanol–water partition coefficient (Wildman–Crippen LogP) is 1.74. The Morgan fingerprint density at radius 3 is 2.69 bits per heavy atom. The number of benzene rings is 1. The lowest BCUT2D eigenvalue weighted by molar-refractivity contribution is -0.131. The minimum Gasteiger partial charge on any atom is -0.496 e. The summed E-state index contributed by atoms with van der Waals surface area (Å²) in [6.45, 7) is 0. The molecule has 1 rings (SSSR count). The molecular weight excluding hydrogens is 215 g/mol. The van der Waals surface area contributed by atoms with E-state index in [1.165, 1.54) is 19.3 Å². The molecule has 1 aromatic rings. The van der Waals surface area contributed by atoms with Crippen molar-refractivity contribution in [2.45, 2.75) is 0 Å². The predicted molar refractivity (Wildman–Crippen MR) is 55.0 cm³/mol. The number of rotatable bonds is 4. The molecule has 0 radical (unpaired) electrons. The number of carbonyl (C=O) groups excluding carboxylic acids is 1. The molecule has 0 heterocycles. The van der Waals surface area contributed by atoms with Gasteiger partial charge in [-0.1, -0.05) is 0 Å². The van der Waals surface area contributed by atoms with Crippen molar-refractivity contribution in [3.8, 4) is 5.75 Å². The average Bonchev–Trinajstić information content (AvgIpc) is 2.25. The van der Waals surface area contributed by atoms with Crippen molar-refractivity contribution in [2.75, 3.05) is 7.11 Å². The Hall–Kier alpha value is -2.17. The fourth-order valence-electron chi connectivity index (χ4n) is 1.16. The molecule has 0 amide bonds.